The Morgan fingerprint density at radius 1 is 1.22 bits per heavy atom. The van der Waals surface area contributed by atoms with Gasteiger partial charge in [0.25, 0.3) is 0 Å². The van der Waals surface area contributed by atoms with Crippen LogP contribution in [0.2, 0.25) is 0 Å². The number of nitrogens with one attached hydrogen (secondary N) is 2. The van der Waals surface area contributed by atoms with E-state index in [2.05, 4.69) is 10.6 Å². The number of hydrogen-bond donors (Lipinski definition) is 2. The van der Waals surface area contributed by atoms with Gasteiger partial charge in [-0.1, -0.05) is 39.0 Å². The number of urea groups is 1. The maximum Gasteiger partial charge on any atom is 0.321 e. The molecule has 0 radical (unpaired) electrons. The van der Waals surface area contributed by atoms with Crippen LogP contribution in [0.3, 0.4) is 0 Å². The second kappa shape index (κ2) is 7.49. The fourth-order valence-electron chi connectivity index (χ4n) is 2.72. The van der Waals surface area contributed by atoms with E-state index in [-0.39, 0.29) is 23.4 Å². The lowest BCUT2D eigenvalue weighted by atomic mass is 9.83. The third-order valence-electron chi connectivity index (χ3n) is 4.94. The van der Waals surface area contributed by atoms with Crippen LogP contribution in [0.1, 0.15) is 40.0 Å². The van der Waals surface area contributed by atoms with Gasteiger partial charge in [0.1, 0.15) is 0 Å². The van der Waals surface area contributed by atoms with Gasteiger partial charge in [-0.05, 0) is 31.4 Å². The minimum absolute atomic E-state index is 0.0430. The van der Waals surface area contributed by atoms with Gasteiger partial charge in [0.2, 0.25) is 5.91 Å². The van der Waals surface area contributed by atoms with E-state index < -0.39 is 0 Å². The van der Waals surface area contributed by atoms with Crippen molar-refractivity contribution in [2.75, 3.05) is 18.4 Å². The molecule has 0 aliphatic carbocycles. The highest BCUT2D eigenvalue weighted by molar-refractivity contribution is 5.89. The Hall–Kier alpha value is -2.04. The van der Waals surface area contributed by atoms with E-state index in [4.69, 9.17) is 0 Å². The standard InChI is InChI=1S/C18H27N3O2/c1-4-18(3,5-2)16(22)19-15-11-12-21(13-15)17(23)20-14-9-7-6-8-10-14/h6-10,15H,4-5,11-13H2,1-3H3,(H,19,22)(H,20,23)/t15-/m1/s1. The lowest BCUT2D eigenvalue weighted by Gasteiger charge is -2.27. The van der Waals surface area contributed by atoms with Gasteiger partial charge < -0.3 is 15.5 Å². The molecule has 1 saturated heterocycles. The zero-order valence-corrected chi connectivity index (χ0v) is 14.3. The first kappa shape index (κ1) is 17.3. The third-order valence-corrected chi connectivity index (χ3v) is 4.94. The number of hydrogen-bond acceptors (Lipinski definition) is 2. The van der Waals surface area contributed by atoms with Crippen molar-refractivity contribution in [3.05, 3.63) is 30.3 Å². The van der Waals surface area contributed by atoms with Crippen LogP contribution in [0.4, 0.5) is 10.5 Å². The molecule has 1 aliphatic rings. The molecule has 1 atom stereocenters. The Morgan fingerprint density at radius 2 is 1.87 bits per heavy atom. The van der Waals surface area contributed by atoms with Gasteiger partial charge in [-0.2, -0.15) is 0 Å². The predicted octanol–water partition coefficient (Wildman–Crippen LogP) is 3.24. The highest BCUT2D eigenvalue weighted by Gasteiger charge is 2.33. The number of amides is 3. The monoisotopic (exact) mass is 317 g/mol. The molecule has 1 heterocycles. The molecule has 2 N–H and O–H groups in total. The Balaban J connectivity index is 1.86. The van der Waals surface area contributed by atoms with E-state index in [0.29, 0.717) is 13.1 Å². The highest BCUT2D eigenvalue weighted by atomic mass is 16.2. The van der Waals surface area contributed by atoms with Crippen LogP contribution in [-0.4, -0.2) is 36.0 Å². The van der Waals surface area contributed by atoms with Gasteiger partial charge in [0, 0.05) is 30.2 Å². The number of likely N-dealkylation sites (tertiary alicyclic amines) is 1. The molecule has 23 heavy (non-hydrogen) atoms. The summed E-state index contributed by atoms with van der Waals surface area (Å²) in [5, 5.41) is 5.99. The number of benzene rings is 1. The summed E-state index contributed by atoms with van der Waals surface area (Å²) in [6, 6.07) is 9.35. The number of anilines is 1. The summed E-state index contributed by atoms with van der Waals surface area (Å²) in [6.07, 6.45) is 2.44. The van der Waals surface area contributed by atoms with Crippen LogP contribution in [0.25, 0.3) is 0 Å². The van der Waals surface area contributed by atoms with E-state index in [1.54, 1.807) is 4.90 Å². The smallest absolute Gasteiger partial charge is 0.321 e. The summed E-state index contributed by atoms with van der Waals surface area (Å²) in [6.45, 7) is 7.30. The molecule has 1 aromatic rings. The first-order valence-electron chi connectivity index (χ1n) is 8.40. The number of carbonyl (C=O) groups excluding carboxylic acids is 2. The molecule has 5 nitrogen and oxygen atoms in total. The average Bonchev–Trinajstić information content (AvgIpc) is 3.03. The molecular weight excluding hydrogens is 290 g/mol. The Kier molecular flexibility index (Phi) is 5.64. The summed E-state index contributed by atoms with van der Waals surface area (Å²) in [5.41, 5.74) is 0.467. The van der Waals surface area contributed by atoms with Gasteiger partial charge in [0.15, 0.2) is 0 Å². The summed E-state index contributed by atoms with van der Waals surface area (Å²) in [5.74, 6) is 0.0952. The molecule has 0 spiro atoms. The van der Waals surface area contributed by atoms with E-state index in [1.165, 1.54) is 0 Å². The number of para-hydroxylation sites is 1. The maximum atomic E-state index is 12.4. The molecule has 5 heteroatoms. The fourth-order valence-corrected chi connectivity index (χ4v) is 2.72. The van der Waals surface area contributed by atoms with Gasteiger partial charge in [0.05, 0.1) is 0 Å². The average molecular weight is 317 g/mol. The molecule has 0 aromatic heterocycles. The van der Waals surface area contributed by atoms with Crippen molar-refractivity contribution in [3.8, 4) is 0 Å². The topological polar surface area (TPSA) is 61.4 Å². The van der Waals surface area contributed by atoms with Crippen LogP contribution in [0, 0.1) is 5.41 Å². The second-order valence-corrected chi connectivity index (χ2v) is 6.47. The Morgan fingerprint density at radius 3 is 2.48 bits per heavy atom. The molecule has 2 rings (SSSR count). The van der Waals surface area contributed by atoms with Crippen molar-refractivity contribution in [2.45, 2.75) is 46.1 Å². The van der Waals surface area contributed by atoms with Crippen molar-refractivity contribution in [1.82, 2.24) is 10.2 Å². The number of nitrogens with zero attached hydrogens (tertiary/aromatic N) is 1. The third kappa shape index (κ3) is 4.24. The van der Waals surface area contributed by atoms with Gasteiger partial charge in [-0.25, -0.2) is 4.79 Å². The van der Waals surface area contributed by atoms with Crippen molar-refractivity contribution in [2.24, 2.45) is 5.41 Å². The molecule has 1 fully saturated rings. The van der Waals surface area contributed by atoms with E-state index >= 15 is 0 Å². The van der Waals surface area contributed by atoms with Gasteiger partial charge >= 0.3 is 6.03 Å². The summed E-state index contributed by atoms with van der Waals surface area (Å²) < 4.78 is 0. The number of carbonyl (C=O) groups is 2. The maximum absolute atomic E-state index is 12.4. The van der Waals surface area contributed by atoms with Crippen LogP contribution >= 0.6 is 0 Å². The minimum atomic E-state index is -0.320. The summed E-state index contributed by atoms with van der Waals surface area (Å²) >= 11 is 0. The lowest BCUT2D eigenvalue weighted by Crippen LogP contribution is -2.45. The van der Waals surface area contributed by atoms with E-state index in [0.717, 1.165) is 24.9 Å². The normalized spacial score (nSPS) is 17.9. The van der Waals surface area contributed by atoms with Crippen molar-refractivity contribution in [1.29, 1.82) is 0 Å². The van der Waals surface area contributed by atoms with Crippen molar-refractivity contribution in [3.63, 3.8) is 0 Å². The van der Waals surface area contributed by atoms with Crippen LogP contribution in [0.15, 0.2) is 30.3 Å². The Bertz CT molecular complexity index is 540. The van der Waals surface area contributed by atoms with Gasteiger partial charge in [-0.15, -0.1) is 0 Å². The zero-order chi connectivity index (χ0) is 16.9. The quantitative estimate of drug-likeness (QED) is 0.876. The molecular formula is C18H27N3O2. The van der Waals surface area contributed by atoms with Gasteiger partial charge in [-0.3, -0.25) is 4.79 Å². The summed E-state index contributed by atoms with van der Waals surface area (Å²) in [7, 11) is 0. The molecule has 1 aliphatic heterocycles. The minimum Gasteiger partial charge on any atom is -0.351 e. The van der Waals surface area contributed by atoms with Crippen molar-refractivity contribution < 1.29 is 9.59 Å². The van der Waals surface area contributed by atoms with E-state index in [9.17, 15) is 9.59 Å². The van der Waals surface area contributed by atoms with Crippen molar-refractivity contribution >= 4 is 17.6 Å². The van der Waals surface area contributed by atoms with Crippen LogP contribution in [-0.2, 0) is 4.79 Å². The molecule has 0 bridgehead atoms. The predicted molar refractivity (Wildman–Crippen MR) is 92.3 cm³/mol. The first-order valence-corrected chi connectivity index (χ1v) is 8.40. The summed E-state index contributed by atoms with van der Waals surface area (Å²) in [4.78, 5) is 26.4. The molecule has 126 valence electrons. The molecule has 0 unspecified atom stereocenters. The number of rotatable bonds is 5. The SMILES string of the molecule is CCC(C)(CC)C(=O)N[C@@H]1CCN(C(=O)Nc2ccccc2)C1. The van der Waals surface area contributed by atoms with Crippen LogP contribution in [0.5, 0.6) is 0 Å². The first-order chi connectivity index (χ1) is 11.0. The second-order valence-electron chi connectivity index (χ2n) is 6.47. The fraction of sp³-hybridized carbons (Fsp3) is 0.556. The van der Waals surface area contributed by atoms with E-state index in [1.807, 2.05) is 51.1 Å². The molecule has 3 amide bonds. The zero-order valence-electron chi connectivity index (χ0n) is 14.3. The highest BCUT2D eigenvalue weighted by Crippen LogP contribution is 2.26. The lowest BCUT2D eigenvalue weighted by molar-refractivity contribution is -0.131. The molecule has 1 aromatic carbocycles. The Labute approximate surface area is 138 Å². The van der Waals surface area contributed by atoms with Crippen LogP contribution < -0.4 is 10.6 Å². The largest absolute Gasteiger partial charge is 0.351 e. The molecule has 0 saturated carbocycles.